The summed E-state index contributed by atoms with van der Waals surface area (Å²) in [4.78, 5) is 7.57. The summed E-state index contributed by atoms with van der Waals surface area (Å²) in [7, 11) is 3.11. The maximum absolute atomic E-state index is 12.8. The molecule has 0 unspecified atom stereocenters. The Balaban J connectivity index is 2.31. The highest BCUT2D eigenvalue weighted by Crippen LogP contribution is 2.33. The minimum atomic E-state index is -4.51. The third-order valence-electron chi connectivity index (χ3n) is 3.06. The third kappa shape index (κ3) is 3.29. The maximum Gasteiger partial charge on any atom is 0.421 e. The van der Waals surface area contributed by atoms with Gasteiger partial charge in [0.1, 0.15) is 17.2 Å². The lowest BCUT2D eigenvalue weighted by atomic mass is 10.1. The van der Waals surface area contributed by atoms with Crippen LogP contribution in [0.3, 0.4) is 0 Å². The van der Waals surface area contributed by atoms with Gasteiger partial charge in [-0.25, -0.2) is 4.98 Å². The van der Waals surface area contributed by atoms with Gasteiger partial charge >= 0.3 is 6.18 Å². The van der Waals surface area contributed by atoms with E-state index in [9.17, 15) is 13.2 Å². The maximum atomic E-state index is 12.8. The molecule has 0 spiro atoms. The minimum Gasteiger partial charge on any atom is -0.372 e. The van der Waals surface area contributed by atoms with Gasteiger partial charge in [0, 0.05) is 26.4 Å². The van der Waals surface area contributed by atoms with Gasteiger partial charge in [-0.2, -0.15) is 23.3 Å². The van der Waals surface area contributed by atoms with Crippen LogP contribution in [0.5, 0.6) is 0 Å². The summed E-state index contributed by atoms with van der Waals surface area (Å²) in [6.07, 6.45) is -3.75. The number of aryl methyl sites for hydroxylation is 1. The highest BCUT2D eigenvalue weighted by molar-refractivity contribution is 5.54. The average Bonchev–Trinajstić information content (AvgIpc) is 2.79. The van der Waals surface area contributed by atoms with Crippen molar-refractivity contribution in [2.75, 3.05) is 17.7 Å². The van der Waals surface area contributed by atoms with Gasteiger partial charge in [-0.1, -0.05) is 13.8 Å². The van der Waals surface area contributed by atoms with Gasteiger partial charge in [-0.15, -0.1) is 0 Å². The molecule has 0 aliphatic rings. The molecule has 0 amide bonds. The summed E-state index contributed by atoms with van der Waals surface area (Å²) in [5.74, 6) is 0.626. The molecule has 9 heteroatoms. The number of hydrogen-bond donors (Lipinski definition) is 2. The fourth-order valence-electron chi connectivity index (χ4n) is 1.84. The van der Waals surface area contributed by atoms with Crippen LogP contribution in [0.15, 0.2) is 12.3 Å². The molecular formula is C13H17F3N6. The van der Waals surface area contributed by atoms with Crippen molar-refractivity contribution < 1.29 is 13.2 Å². The fourth-order valence-corrected chi connectivity index (χ4v) is 1.84. The van der Waals surface area contributed by atoms with E-state index in [0.29, 0.717) is 5.82 Å². The highest BCUT2D eigenvalue weighted by atomic mass is 19.4. The van der Waals surface area contributed by atoms with Crippen LogP contribution < -0.4 is 10.6 Å². The predicted molar refractivity (Wildman–Crippen MR) is 77.2 cm³/mol. The number of nitrogens with zero attached hydrogens (tertiary/aromatic N) is 4. The van der Waals surface area contributed by atoms with Crippen molar-refractivity contribution in [1.82, 2.24) is 19.7 Å². The van der Waals surface area contributed by atoms with E-state index in [0.717, 1.165) is 11.9 Å². The Labute approximate surface area is 125 Å². The molecule has 0 aliphatic carbocycles. The summed E-state index contributed by atoms with van der Waals surface area (Å²) in [6.45, 7) is 4.00. The molecule has 0 aliphatic heterocycles. The zero-order valence-corrected chi connectivity index (χ0v) is 12.7. The van der Waals surface area contributed by atoms with Crippen LogP contribution in [-0.2, 0) is 13.2 Å². The molecule has 0 saturated heterocycles. The van der Waals surface area contributed by atoms with Crippen molar-refractivity contribution in [3.05, 3.63) is 23.5 Å². The number of aromatic nitrogens is 4. The molecule has 2 N–H and O–H groups in total. The van der Waals surface area contributed by atoms with Crippen LogP contribution in [0.4, 0.5) is 30.8 Å². The number of hydrogen-bond acceptors (Lipinski definition) is 5. The highest BCUT2D eigenvalue weighted by Gasteiger charge is 2.35. The van der Waals surface area contributed by atoms with Crippen molar-refractivity contribution in [3.8, 4) is 0 Å². The van der Waals surface area contributed by atoms with E-state index in [2.05, 4.69) is 25.7 Å². The predicted octanol–water partition coefficient (Wildman–Crippen LogP) is 3.14. The van der Waals surface area contributed by atoms with Gasteiger partial charge in [0.15, 0.2) is 0 Å². The Morgan fingerprint density at radius 1 is 1.27 bits per heavy atom. The van der Waals surface area contributed by atoms with Crippen LogP contribution in [0, 0.1) is 0 Å². The smallest absolute Gasteiger partial charge is 0.372 e. The summed E-state index contributed by atoms with van der Waals surface area (Å²) in [6, 6.07) is 1.81. The molecule has 2 aromatic rings. The third-order valence-corrected chi connectivity index (χ3v) is 3.06. The van der Waals surface area contributed by atoms with Gasteiger partial charge in [0.25, 0.3) is 0 Å². The van der Waals surface area contributed by atoms with Gasteiger partial charge in [0.05, 0.1) is 5.69 Å². The second-order valence-electron chi connectivity index (χ2n) is 5.06. The van der Waals surface area contributed by atoms with E-state index < -0.39 is 11.7 Å². The van der Waals surface area contributed by atoms with Crippen molar-refractivity contribution in [2.24, 2.45) is 7.05 Å². The van der Waals surface area contributed by atoms with Crippen LogP contribution in [-0.4, -0.2) is 26.8 Å². The summed E-state index contributed by atoms with van der Waals surface area (Å²) in [5.41, 5.74) is -0.0424. The Kier molecular flexibility index (Phi) is 4.25. The van der Waals surface area contributed by atoms with Gasteiger partial charge in [0.2, 0.25) is 5.95 Å². The number of halogens is 3. The van der Waals surface area contributed by atoms with Crippen molar-refractivity contribution in [2.45, 2.75) is 25.9 Å². The van der Waals surface area contributed by atoms with Crippen LogP contribution >= 0.6 is 0 Å². The molecule has 2 aromatic heterocycles. The van der Waals surface area contributed by atoms with Gasteiger partial charge in [-0.05, 0) is 5.92 Å². The molecule has 0 radical (unpaired) electrons. The summed E-state index contributed by atoms with van der Waals surface area (Å²) in [5, 5.41) is 9.61. The summed E-state index contributed by atoms with van der Waals surface area (Å²) < 4.78 is 40.0. The molecule has 0 aromatic carbocycles. The Morgan fingerprint density at radius 3 is 2.45 bits per heavy atom. The van der Waals surface area contributed by atoms with Crippen molar-refractivity contribution in [3.63, 3.8) is 0 Å². The van der Waals surface area contributed by atoms with Crippen LogP contribution in [0.2, 0.25) is 0 Å². The lowest BCUT2D eigenvalue weighted by Crippen LogP contribution is -2.13. The zero-order valence-electron chi connectivity index (χ0n) is 12.7. The monoisotopic (exact) mass is 314 g/mol. The van der Waals surface area contributed by atoms with Gasteiger partial charge in [-0.3, -0.25) is 4.68 Å². The van der Waals surface area contributed by atoms with E-state index >= 15 is 0 Å². The molecule has 120 valence electrons. The molecule has 2 rings (SSSR count). The second kappa shape index (κ2) is 5.82. The first-order chi connectivity index (χ1) is 10.2. The number of nitrogens with one attached hydrogen (secondary N) is 2. The molecule has 2 heterocycles. The molecule has 6 nitrogen and oxygen atoms in total. The lowest BCUT2D eigenvalue weighted by Gasteiger charge is -2.12. The lowest BCUT2D eigenvalue weighted by molar-refractivity contribution is -0.137. The number of alkyl halides is 3. The SMILES string of the molecule is CNc1nc(Nc2cc(C(C)C)nn2C)ncc1C(F)(F)F. The van der Waals surface area contributed by atoms with Crippen molar-refractivity contribution in [1.29, 1.82) is 0 Å². The van der Waals surface area contributed by atoms with E-state index in [4.69, 9.17) is 0 Å². The minimum absolute atomic E-state index is 0.0654. The Morgan fingerprint density at radius 2 is 1.95 bits per heavy atom. The fraction of sp³-hybridized carbons (Fsp3) is 0.462. The summed E-state index contributed by atoms with van der Waals surface area (Å²) >= 11 is 0. The number of rotatable bonds is 4. The molecular weight excluding hydrogens is 297 g/mol. The number of anilines is 3. The quantitative estimate of drug-likeness (QED) is 0.907. The van der Waals surface area contributed by atoms with Crippen molar-refractivity contribution >= 4 is 17.6 Å². The normalized spacial score (nSPS) is 11.8. The second-order valence-corrected chi connectivity index (χ2v) is 5.06. The first-order valence-electron chi connectivity index (χ1n) is 6.65. The molecule has 0 fully saturated rings. The molecule has 0 saturated carbocycles. The topological polar surface area (TPSA) is 67.7 Å². The van der Waals surface area contributed by atoms with Gasteiger partial charge < -0.3 is 10.6 Å². The van der Waals surface area contributed by atoms with E-state index in [1.54, 1.807) is 11.7 Å². The molecule has 0 atom stereocenters. The molecule has 22 heavy (non-hydrogen) atoms. The largest absolute Gasteiger partial charge is 0.421 e. The van der Waals surface area contributed by atoms with E-state index in [1.807, 2.05) is 19.9 Å². The standard InChI is InChI=1S/C13H17F3N6/c1-7(2)9-5-10(22(4)21-9)19-12-18-6-8(13(14,15)16)11(17-3)20-12/h5-7H,1-4H3,(H2,17,18,19,20). The van der Waals surface area contributed by atoms with E-state index in [1.165, 1.54) is 7.05 Å². The average molecular weight is 314 g/mol. The molecule has 0 bridgehead atoms. The first kappa shape index (κ1) is 16.1. The Bertz CT molecular complexity index is 662. The van der Waals surface area contributed by atoms with E-state index in [-0.39, 0.29) is 17.7 Å². The van der Waals surface area contributed by atoms with Crippen LogP contribution in [0.1, 0.15) is 31.0 Å². The van der Waals surface area contributed by atoms with Crippen LogP contribution in [0.25, 0.3) is 0 Å². The first-order valence-corrected chi connectivity index (χ1v) is 6.65. The Hall–Kier alpha value is -2.32. The zero-order chi connectivity index (χ0) is 16.5.